The molecule has 1 aliphatic rings. The molecule has 0 aromatic rings. The summed E-state index contributed by atoms with van der Waals surface area (Å²) in [7, 11) is 0. The predicted octanol–water partition coefficient (Wildman–Crippen LogP) is 1.10. The largest absolute Gasteiger partial charge is 0.479 e. The van der Waals surface area contributed by atoms with Crippen LogP contribution in [0.25, 0.3) is 0 Å². The van der Waals surface area contributed by atoms with Gasteiger partial charge >= 0.3 is 12.1 Å². The average Bonchev–Trinajstić information content (AvgIpc) is 2.13. The third-order valence-electron chi connectivity index (χ3n) is 2.19. The Morgan fingerprint density at radius 3 is 2.41 bits per heavy atom. The number of aliphatic carboxylic acids is 1. The molecular weight excluding hydrogens is 226 g/mol. The van der Waals surface area contributed by atoms with Gasteiger partial charge in [0.05, 0.1) is 19.2 Å². The second-order valence-corrected chi connectivity index (χ2v) is 5.16. The van der Waals surface area contributed by atoms with Gasteiger partial charge in [-0.15, -0.1) is 0 Å². The van der Waals surface area contributed by atoms with Crippen LogP contribution < -0.4 is 0 Å². The van der Waals surface area contributed by atoms with Crippen molar-refractivity contribution in [2.45, 2.75) is 45.5 Å². The number of carbonyl (C=O) groups is 2. The summed E-state index contributed by atoms with van der Waals surface area (Å²) in [6.07, 6.45) is -1.79. The van der Waals surface area contributed by atoms with Crippen LogP contribution in [0.2, 0.25) is 0 Å². The molecule has 6 heteroatoms. The number of hydrogen-bond donors (Lipinski definition) is 1. The first-order chi connectivity index (χ1) is 7.69. The van der Waals surface area contributed by atoms with E-state index in [2.05, 4.69) is 0 Å². The quantitative estimate of drug-likeness (QED) is 0.748. The second kappa shape index (κ2) is 4.91. The number of ether oxygens (including phenoxy) is 2. The summed E-state index contributed by atoms with van der Waals surface area (Å²) in [5.74, 6) is -1.06. The first-order valence-corrected chi connectivity index (χ1v) is 5.55. The number of nitrogens with zero attached hydrogens (tertiary/aromatic N) is 1. The number of carboxylic acid groups (broad SMARTS) is 1. The lowest BCUT2D eigenvalue weighted by atomic mass is 10.2. The van der Waals surface area contributed by atoms with Gasteiger partial charge in [-0.2, -0.15) is 0 Å². The maximum absolute atomic E-state index is 11.8. The van der Waals surface area contributed by atoms with E-state index in [0.29, 0.717) is 6.54 Å². The molecule has 1 aliphatic heterocycles. The fraction of sp³-hybridized carbons (Fsp3) is 0.818. The molecule has 6 nitrogen and oxygen atoms in total. The number of morpholine rings is 1. The van der Waals surface area contributed by atoms with E-state index < -0.39 is 23.8 Å². The fourth-order valence-electron chi connectivity index (χ4n) is 1.56. The van der Waals surface area contributed by atoms with Crippen molar-refractivity contribution in [3.63, 3.8) is 0 Å². The minimum Gasteiger partial charge on any atom is -0.479 e. The van der Waals surface area contributed by atoms with Crippen LogP contribution in [0.4, 0.5) is 4.79 Å². The fourth-order valence-corrected chi connectivity index (χ4v) is 1.56. The normalized spacial score (nSPS) is 25.5. The van der Waals surface area contributed by atoms with Gasteiger partial charge in [0, 0.05) is 0 Å². The molecule has 0 saturated carbocycles. The first kappa shape index (κ1) is 13.8. The van der Waals surface area contributed by atoms with Gasteiger partial charge in [-0.1, -0.05) is 0 Å². The molecule has 98 valence electrons. The van der Waals surface area contributed by atoms with E-state index in [1.165, 1.54) is 4.90 Å². The zero-order valence-electron chi connectivity index (χ0n) is 10.6. The van der Waals surface area contributed by atoms with E-state index in [-0.39, 0.29) is 12.6 Å². The van der Waals surface area contributed by atoms with Crippen molar-refractivity contribution in [3.8, 4) is 0 Å². The van der Waals surface area contributed by atoms with E-state index in [4.69, 9.17) is 14.6 Å². The van der Waals surface area contributed by atoms with Gasteiger partial charge in [-0.3, -0.25) is 0 Å². The highest BCUT2D eigenvalue weighted by Gasteiger charge is 2.34. The summed E-state index contributed by atoms with van der Waals surface area (Å²) in [4.78, 5) is 24.0. The summed E-state index contributed by atoms with van der Waals surface area (Å²) >= 11 is 0. The number of carbonyl (C=O) groups excluding carboxylic acids is 1. The Hall–Kier alpha value is -1.30. The van der Waals surface area contributed by atoms with E-state index in [9.17, 15) is 9.59 Å². The Morgan fingerprint density at radius 2 is 1.94 bits per heavy atom. The molecule has 0 bridgehead atoms. The van der Waals surface area contributed by atoms with Crippen LogP contribution in [0.1, 0.15) is 27.7 Å². The smallest absolute Gasteiger partial charge is 0.410 e. The van der Waals surface area contributed by atoms with Gasteiger partial charge in [0.2, 0.25) is 0 Å². The van der Waals surface area contributed by atoms with E-state index in [1.807, 2.05) is 0 Å². The molecule has 2 atom stereocenters. The van der Waals surface area contributed by atoms with Crippen molar-refractivity contribution in [3.05, 3.63) is 0 Å². The lowest BCUT2D eigenvalue weighted by Gasteiger charge is -2.35. The third kappa shape index (κ3) is 4.22. The highest BCUT2D eigenvalue weighted by Crippen LogP contribution is 2.15. The predicted molar refractivity (Wildman–Crippen MR) is 59.8 cm³/mol. The van der Waals surface area contributed by atoms with Crippen LogP contribution in [-0.4, -0.2) is 53.0 Å². The molecule has 1 heterocycles. The Bertz CT molecular complexity index is 309. The number of amides is 1. The lowest BCUT2D eigenvalue weighted by molar-refractivity contribution is -0.161. The molecule has 1 saturated heterocycles. The molecule has 0 spiro atoms. The highest BCUT2D eigenvalue weighted by molar-refractivity contribution is 5.75. The topological polar surface area (TPSA) is 76.1 Å². The highest BCUT2D eigenvalue weighted by atomic mass is 16.6. The average molecular weight is 245 g/mol. The van der Waals surface area contributed by atoms with Crippen molar-refractivity contribution in [1.29, 1.82) is 0 Å². The van der Waals surface area contributed by atoms with Crippen LogP contribution in [-0.2, 0) is 14.3 Å². The van der Waals surface area contributed by atoms with Gasteiger partial charge in [0.1, 0.15) is 5.60 Å². The molecule has 0 aromatic carbocycles. The van der Waals surface area contributed by atoms with Gasteiger partial charge < -0.3 is 19.5 Å². The van der Waals surface area contributed by atoms with Gasteiger partial charge in [0.25, 0.3) is 0 Å². The lowest BCUT2D eigenvalue weighted by Crippen LogP contribution is -2.52. The molecule has 0 unspecified atom stereocenters. The minimum absolute atomic E-state index is 0.0224. The first-order valence-electron chi connectivity index (χ1n) is 5.55. The summed E-state index contributed by atoms with van der Waals surface area (Å²) in [6, 6.07) is 0. The molecular formula is C11H19NO5. The molecule has 0 aliphatic carbocycles. The van der Waals surface area contributed by atoms with E-state index >= 15 is 0 Å². The number of hydrogen-bond acceptors (Lipinski definition) is 4. The molecule has 1 rings (SSSR count). The summed E-state index contributed by atoms with van der Waals surface area (Å²) < 4.78 is 10.4. The summed E-state index contributed by atoms with van der Waals surface area (Å²) in [6.45, 7) is 7.40. The van der Waals surface area contributed by atoms with Crippen LogP contribution >= 0.6 is 0 Å². The third-order valence-corrected chi connectivity index (χ3v) is 2.19. The molecule has 0 aromatic heterocycles. The second-order valence-electron chi connectivity index (χ2n) is 5.16. The zero-order chi connectivity index (χ0) is 13.2. The molecule has 1 fully saturated rings. The van der Waals surface area contributed by atoms with E-state index in [1.54, 1.807) is 27.7 Å². The number of carboxylic acids is 1. The van der Waals surface area contributed by atoms with Gasteiger partial charge in [-0.05, 0) is 27.7 Å². The van der Waals surface area contributed by atoms with Crippen molar-refractivity contribution < 1.29 is 24.2 Å². The van der Waals surface area contributed by atoms with Crippen molar-refractivity contribution in [1.82, 2.24) is 4.90 Å². The van der Waals surface area contributed by atoms with Crippen LogP contribution in [0, 0.1) is 0 Å². The Morgan fingerprint density at radius 1 is 1.35 bits per heavy atom. The number of rotatable bonds is 1. The summed E-state index contributed by atoms with van der Waals surface area (Å²) in [5, 5.41) is 8.88. The SMILES string of the molecule is C[C@H]1CN(C(=O)OC(C)(C)C)C[C@H](C(=O)O)O1. The van der Waals surface area contributed by atoms with Crippen molar-refractivity contribution in [2.24, 2.45) is 0 Å². The molecule has 17 heavy (non-hydrogen) atoms. The van der Waals surface area contributed by atoms with Gasteiger partial charge in [0.15, 0.2) is 6.10 Å². The molecule has 1 N–H and O–H groups in total. The van der Waals surface area contributed by atoms with Crippen LogP contribution in [0.5, 0.6) is 0 Å². The Balaban J connectivity index is 2.64. The zero-order valence-corrected chi connectivity index (χ0v) is 10.6. The van der Waals surface area contributed by atoms with Gasteiger partial charge in [-0.25, -0.2) is 9.59 Å². The molecule has 0 radical (unpaired) electrons. The van der Waals surface area contributed by atoms with Crippen LogP contribution in [0.15, 0.2) is 0 Å². The minimum atomic E-state index is -1.06. The van der Waals surface area contributed by atoms with Crippen molar-refractivity contribution >= 4 is 12.1 Å². The maximum atomic E-state index is 11.8. The Labute approximate surface area is 100 Å². The van der Waals surface area contributed by atoms with Crippen LogP contribution in [0.3, 0.4) is 0 Å². The summed E-state index contributed by atoms with van der Waals surface area (Å²) in [5.41, 5.74) is -0.586. The monoisotopic (exact) mass is 245 g/mol. The molecule has 1 amide bonds. The Kier molecular flexibility index (Phi) is 3.98. The van der Waals surface area contributed by atoms with E-state index in [0.717, 1.165) is 0 Å². The standard InChI is InChI=1S/C11H19NO5/c1-7-5-12(6-8(16-7)9(13)14)10(15)17-11(2,3)4/h7-8H,5-6H2,1-4H3,(H,13,14)/t7-,8+/m0/s1. The van der Waals surface area contributed by atoms with Crippen molar-refractivity contribution in [2.75, 3.05) is 13.1 Å². The maximum Gasteiger partial charge on any atom is 0.410 e.